The number of aryl methyl sites for hydroxylation is 1. The van der Waals surface area contributed by atoms with Gasteiger partial charge in [-0.05, 0) is 43.7 Å². The van der Waals surface area contributed by atoms with Gasteiger partial charge in [-0.1, -0.05) is 43.3 Å². The van der Waals surface area contributed by atoms with Crippen LogP contribution >= 0.6 is 12.4 Å². The molecule has 3 aromatic rings. The van der Waals surface area contributed by atoms with E-state index in [1.54, 1.807) is 0 Å². The van der Waals surface area contributed by atoms with E-state index in [0.717, 1.165) is 53.2 Å². The van der Waals surface area contributed by atoms with Crippen molar-refractivity contribution in [1.29, 1.82) is 0 Å². The molecule has 0 saturated carbocycles. The fourth-order valence-corrected chi connectivity index (χ4v) is 3.75. The second kappa shape index (κ2) is 7.29. The maximum Gasteiger partial charge on any atom is 0.287 e. The summed E-state index contributed by atoms with van der Waals surface area (Å²) in [5, 5.41) is 9.65. The van der Waals surface area contributed by atoms with Crippen molar-refractivity contribution < 1.29 is 9.21 Å². The summed E-state index contributed by atoms with van der Waals surface area (Å²) in [5.41, 5.74) is 1.87. The summed E-state index contributed by atoms with van der Waals surface area (Å²) in [6.07, 6.45) is 2.16. The van der Waals surface area contributed by atoms with E-state index in [1.807, 2.05) is 31.2 Å². The molecule has 0 unspecified atom stereocenters. The summed E-state index contributed by atoms with van der Waals surface area (Å²) in [6.45, 7) is 6.92. The number of hydrogen-bond acceptors (Lipinski definition) is 3. The Morgan fingerprint density at radius 3 is 2.65 bits per heavy atom. The highest BCUT2D eigenvalue weighted by molar-refractivity contribution is 6.08. The summed E-state index contributed by atoms with van der Waals surface area (Å²) in [4.78, 5) is 12.7. The predicted molar refractivity (Wildman–Crippen MR) is 108 cm³/mol. The van der Waals surface area contributed by atoms with E-state index in [4.69, 9.17) is 4.42 Å². The first-order valence-corrected chi connectivity index (χ1v) is 8.97. The lowest BCUT2D eigenvalue weighted by Crippen LogP contribution is -2.42. The number of carbonyl (C=O) groups is 1. The van der Waals surface area contributed by atoms with Crippen LogP contribution < -0.4 is 10.6 Å². The Morgan fingerprint density at radius 2 is 1.88 bits per heavy atom. The molecule has 4 rings (SSSR count). The van der Waals surface area contributed by atoms with Crippen molar-refractivity contribution in [2.24, 2.45) is 5.41 Å². The van der Waals surface area contributed by atoms with Crippen molar-refractivity contribution >= 4 is 40.1 Å². The Bertz CT molecular complexity index is 942. The van der Waals surface area contributed by atoms with Crippen LogP contribution in [0.1, 0.15) is 35.9 Å². The Morgan fingerprint density at radius 1 is 1.15 bits per heavy atom. The van der Waals surface area contributed by atoms with Crippen molar-refractivity contribution in [3.63, 3.8) is 0 Å². The van der Waals surface area contributed by atoms with Crippen molar-refractivity contribution in [2.75, 3.05) is 19.6 Å². The smallest absolute Gasteiger partial charge is 0.287 e. The Balaban J connectivity index is 0.00000196. The molecule has 2 N–H and O–H groups in total. The number of benzene rings is 2. The molecule has 1 aromatic heterocycles. The van der Waals surface area contributed by atoms with Crippen LogP contribution in [-0.4, -0.2) is 25.5 Å². The minimum atomic E-state index is -0.113. The van der Waals surface area contributed by atoms with Gasteiger partial charge in [0.2, 0.25) is 0 Å². The predicted octanol–water partition coefficient (Wildman–Crippen LogP) is 4.44. The average molecular weight is 373 g/mol. The lowest BCUT2D eigenvalue weighted by atomic mass is 9.81. The van der Waals surface area contributed by atoms with Crippen LogP contribution in [-0.2, 0) is 0 Å². The zero-order valence-electron chi connectivity index (χ0n) is 15.2. The zero-order valence-corrected chi connectivity index (χ0v) is 16.0. The Kier molecular flexibility index (Phi) is 5.26. The molecule has 26 heavy (non-hydrogen) atoms. The summed E-state index contributed by atoms with van der Waals surface area (Å²) < 4.78 is 6.02. The summed E-state index contributed by atoms with van der Waals surface area (Å²) in [7, 11) is 0. The minimum Gasteiger partial charge on any atom is -0.450 e. The number of rotatable bonds is 3. The first-order valence-electron chi connectivity index (χ1n) is 8.97. The molecule has 1 saturated heterocycles. The molecule has 0 bridgehead atoms. The Hall–Kier alpha value is -2.04. The molecular formula is C21H25ClN2O2. The second-order valence-corrected chi connectivity index (χ2v) is 7.46. The SMILES string of the molecule is Cc1c(C(=O)NCC2(C)CCNCC2)oc2c1ccc1ccccc12.Cl. The van der Waals surface area contributed by atoms with Crippen molar-refractivity contribution in [1.82, 2.24) is 10.6 Å². The molecule has 0 aliphatic carbocycles. The summed E-state index contributed by atoms with van der Waals surface area (Å²) in [6, 6.07) is 12.2. The van der Waals surface area contributed by atoms with E-state index in [-0.39, 0.29) is 23.7 Å². The third-order valence-electron chi connectivity index (χ3n) is 5.52. The molecule has 0 radical (unpaired) electrons. The lowest BCUT2D eigenvalue weighted by molar-refractivity contribution is 0.0896. The normalized spacial score (nSPS) is 16.4. The standard InChI is InChI=1S/C21H24N2O2.ClH/c1-14-16-8-7-15-5-3-4-6-17(15)19(16)25-18(14)20(24)23-13-21(2)9-11-22-12-10-21;/h3-8,22H,9-13H2,1-2H3,(H,23,24);1H. The first-order chi connectivity index (χ1) is 12.1. The number of carbonyl (C=O) groups excluding carboxylic acids is 1. The van der Waals surface area contributed by atoms with Crippen molar-refractivity contribution in [3.05, 3.63) is 47.7 Å². The number of fused-ring (bicyclic) bond motifs is 3. The molecule has 1 aliphatic rings. The van der Waals surface area contributed by atoms with E-state index in [9.17, 15) is 4.79 Å². The van der Waals surface area contributed by atoms with Crippen molar-refractivity contribution in [3.8, 4) is 0 Å². The number of piperidine rings is 1. The van der Waals surface area contributed by atoms with Gasteiger partial charge in [0.05, 0.1) is 0 Å². The highest BCUT2D eigenvalue weighted by atomic mass is 35.5. The number of halogens is 1. The van der Waals surface area contributed by atoms with E-state index >= 15 is 0 Å². The van der Waals surface area contributed by atoms with Gasteiger partial charge in [-0.15, -0.1) is 12.4 Å². The molecule has 138 valence electrons. The van der Waals surface area contributed by atoms with Crippen LogP contribution in [0.4, 0.5) is 0 Å². The largest absolute Gasteiger partial charge is 0.450 e. The summed E-state index contributed by atoms with van der Waals surface area (Å²) >= 11 is 0. The molecule has 2 heterocycles. The lowest BCUT2D eigenvalue weighted by Gasteiger charge is -2.34. The average Bonchev–Trinajstić information content (AvgIpc) is 2.98. The van der Waals surface area contributed by atoms with Gasteiger partial charge in [0.1, 0.15) is 5.58 Å². The molecule has 5 heteroatoms. The maximum absolute atomic E-state index is 12.7. The number of amides is 1. The van der Waals surface area contributed by atoms with Crippen LogP contribution in [0.2, 0.25) is 0 Å². The third-order valence-corrected chi connectivity index (χ3v) is 5.52. The number of hydrogen-bond donors (Lipinski definition) is 2. The minimum absolute atomic E-state index is 0. The highest BCUT2D eigenvalue weighted by Crippen LogP contribution is 2.32. The van der Waals surface area contributed by atoms with Crippen LogP contribution in [0.5, 0.6) is 0 Å². The van der Waals surface area contributed by atoms with E-state index in [1.165, 1.54) is 0 Å². The van der Waals surface area contributed by atoms with Gasteiger partial charge in [0, 0.05) is 22.9 Å². The maximum atomic E-state index is 12.7. The fourth-order valence-electron chi connectivity index (χ4n) is 3.75. The second-order valence-electron chi connectivity index (χ2n) is 7.46. The van der Waals surface area contributed by atoms with Gasteiger partial charge >= 0.3 is 0 Å². The van der Waals surface area contributed by atoms with Crippen LogP contribution in [0, 0.1) is 12.3 Å². The molecular weight excluding hydrogens is 348 g/mol. The van der Waals surface area contributed by atoms with Gasteiger partial charge in [0.15, 0.2) is 5.76 Å². The molecule has 2 aromatic carbocycles. The van der Waals surface area contributed by atoms with Gasteiger partial charge in [0.25, 0.3) is 5.91 Å². The fraction of sp³-hybridized carbons (Fsp3) is 0.381. The number of nitrogens with one attached hydrogen (secondary N) is 2. The van der Waals surface area contributed by atoms with Crippen LogP contribution in [0.15, 0.2) is 40.8 Å². The van der Waals surface area contributed by atoms with Crippen molar-refractivity contribution in [2.45, 2.75) is 26.7 Å². The topological polar surface area (TPSA) is 54.3 Å². The molecule has 1 amide bonds. The Labute approximate surface area is 159 Å². The molecule has 4 nitrogen and oxygen atoms in total. The molecule has 1 fully saturated rings. The van der Waals surface area contributed by atoms with Crippen LogP contribution in [0.3, 0.4) is 0 Å². The van der Waals surface area contributed by atoms with Gasteiger partial charge in [-0.2, -0.15) is 0 Å². The molecule has 0 spiro atoms. The number of furan rings is 1. The third kappa shape index (κ3) is 3.31. The first kappa shape index (κ1) is 18.7. The van der Waals surface area contributed by atoms with Crippen LogP contribution in [0.25, 0.3) is 21.7 Å². The van der Waals surface area contributed by atoms with Gasteiger partial charge < -0.3 is 15.1 Å². The summed E-state index contributed by atoms with van der Waals surface area (Å²) in [5.74, 6) is 0.321. The monoisotopic (exact) mass is 372 g/mol. The van der Waals surface area contributed by atoms with E-state index in [2.05, 4.69) is 29.7 Å². The van der Waals surface area contributed by atoms with E-state index < -0.39 is 0 Å². The highest BCUT2D eigenvalue weighted by Gasteiger charge is 2.28. The van der Waals surface area contributed by atoms with E-state index in [0.29, 0.717) is 12.3 Å². The quantitative estimate of drug-likeness (QED) is 0.714. The molecule has 1 aliphatic heterocycles. The molecule has 0 atom stereocenters. The van der Waals surface area contributed by atoms with Gasteiger partial charge in [-0.25, -0.2) is 0 Å². The zero-order chi connectivity index (χ0) is 17.4. The van der Waals surface area contributed by atoms with Gasteiger partial charge in [-0.3, -0.25) is 4.79 Å².